The van der Waals surface area contributed by atoms with Crippen molar-refractivity contribution in [3.63, 3.8) is 0 Å². The van der Waals surface area contributed by atoms with Crippen LogP contribution in [0.3, 0.4) is 0 Å². The molecule has 0 heterocycles. The minimum Gasteiger partial charge on any atom is -0.380 e. The Morgan fingerprint density at radius 3 is 2.36 bits per heavy atom. The topological polar surface area (TPSA) is 35.2 Å². The van der Waals surface area contributed by atoms with E-state index < -0.39 is 0 Å². The molecule has 0 bridgehead atoms. The molecule has 0 rings (SSSR count). The van der Waals surface area contributed by atoms with Gasteiger partial charge in [-0.05, 0) is 12.3 Å². The predicted molar refractivity (Wildman–Crippen MR) is 48.4 cm³/mol. The summed E-state index contributed by atoms with van der Waals surface area (Å²) in [6.07, 6.45) is 2.79. The molecule has 0 aromatic heterocycles. The van der Waals surface area contributed by atoms with Crippen LogP contribution in [0.2, 0.25) is 0 Å². The zero-order valence-electron chi connectivity index (χ0n) is 7.71. The lowest BCUT2D eigenvalue weighted by atomic mass is 9.98. The molecule has 2 nitrogen and oxygen atoms in total. The maximum atomic E-state index is 5.84. The third kappa shape index (κ3) is 3.54. The highest BCUT2D eigenvalue weighted by atomic mass is 16.5. The Morgan fingerprint density at radius 2 is 2.09 bits per heavy atom. The van der Waals surface area contributed by atoms with Crippen LogP contribution in [-0.4, -0.2) is 19.3 Å². The van der Waals surface area contributed by atoms with Crippen molar-refractivity contribution >= 4 is 0 Å². The number of rotatable bonds is 5. The van der Waals surface area contributed by atoms with Crippen molar-refractivity contribution < 1.29 is 4.74 Å². The van der Waals surface area contributed by atoms with Crippen LogP contribution in [0, 0.1) is 5.92 Å². The Bertz CT molecular complexity index is 112. The maximum absolute atomic E-state index is 5.84. The van der Waals surface area contributed by atoms with Crippen LogP contribution in [0.5, 0.6) is 0 Å². The van der Waals surface area contributed by atoms with Crippen molar-refractivity contribution in [2.45, 2.75) is 32.4 Å². The fourth-order valence-electron chi connectivity index (χ4n) is 1.27. The average molecular weight is 157 g/mol. The third-order valence-corrected chi connectivity index (χ3v) is 1.79. The molecular formula is C9H19NO. The van der Waals surface area contributed by atoms with Crippen LogP contribution in [0.1, 0.15) is 20.3 Å². The molecule has 11 heavy (non-hydrogen) atoms. The molecule has 0 radical (unpaired) electrons. The summed E-state index contributed by atoms with van der Waals surface area (Å²) >= 11 is 0. The van der Waals surface area contributed by atoms with E-state index in [0.29, 0.717) is 5.92 Å². The number of ether oxygens (including phenoxy) is 1. The highest BCUT2D eigenvalue weighted by Crippen LogP contribution is 2.11. The van der Waals surface area contributed by atoms with Crippen LogP contribution in [-0.2, 0) is 4.74 Å². The van der Waals surface area contributed by atoms with Gasteiger partial charge >= 0.3 is 0 Å². The second-order valence-corrected chi connectivity index (χ2v) is 3.13. The minimum absolute atomic E-state index is 0.0810. The van der Waals surface area contributed by atoms with Crippen molar-refractivity contribution in [3.8, 4) is 0 Å². The molecule has 0 fully saturated rings. The zero-order chi connectivity index (χ0) is 8.85. The maximum Gasteiger partial charge on any atom is 0.0747 e. The van der Waals surface area contributed by atoms with E-state index in [-0.39, 0.29) is 12.1 Å². The monoisotopic (exact) mass is 157 g/mol. The Hall–Kier alpha value is -0.340. The van der Waals surface area contributed by atoms with E-state index in [4.69, 9.17) is 10.5 Å². The van der Waals surface area contributed by atoms with Gasteiger partial charge in [-0.2, -0.15) is 0 Å². The summed E-state index contributed by atoms with van der Waals surface area (Å²) in [5, 5.41) is 0. The fourth-order valence-corrected chi connectivity index (χ4v) is 1.27. The van der Waals surface area contributed by atoms with E-state index >= 15 is 0 Å². The first-order valence-electron chi connectivity index (χ1n) is 4.02. The molecule has 2 N–H and O–H groups in total. The molecule has 2 heteroatoms. The predicted octanol–water partition coefficient (Wildman–Crippen LogP) is 1.56. The molecule has 0 saturated heterocycles. The van der Waals surface area contributed by atoms with Gasteiger partial charge in [0.05, 0.1) is 6.10 Å². The summed E-state index contributed by atoms with van der Waals surface area (Å²) in [6, 6.07) is 0.0810. The molecule has 0 amide bonds. The van der Waals surface area contributed by atoms with Crippen molar-refractivity contribution in [3.05, 3.63) is 12.7 Å². The van der Waals surface area contributed by atoms with Crippen molar-refractivity contribution in [1.29, 1.82) is 0 Å². The summed E-state index contributed by atoms with van der Waals surface area (Å²) in [7, 11) is 1.70. The van der Waals surface area contributed by atoms with E-state index in [1.165, 1.54) is 0 Å². The van der Waals surface area contributed by atoms with Gasteiger partial charge in [-0.15, -0.1) is 6.58 Å². The Kier molecular flexibility index (Phi) is 5.16. The molecule has 2 unspecified atom stereocenters. The summed E-state index contributed by atoms with van der Waals surface area (Å²) < 4.78 is 5.25. The van der Waals surface area contributed by atoms with Gasteiger partial charge in [-0.25, -0.2) is 0 Å². The number of hydrogen-bond acceptors (Lipinski definition) is 2. The standard InChI is InChI=1S/C9H19NO/c1-5-6-8(10)9(11-4)7(2)3/h5,7-9H,1,6,10H2,2-4H3. The lowest BCUT2D eigenvalue weighted by Crippen LogP contribution is -2.39. The highest BCUT2D eigenvalue weighted by molar-refractivity contribution is 4.83. The fraction of sp³-hybridized carbons (Fsp3) is 0.778. The summed E-state index contributed by atoms with van der Waals surface area (Å²) in [6.45, 7) is 7.86. The largest absolute Gasteiger partial charge is 0.380 e. The Labute approximate surface area is 69.4 Å². The molecule has 2 atom stereocenters. The quantitative estimate of drug-likeness (QED) is 0.615. The number of hydrogen-bond donors (Lipinski definition) is 1. The lowest BCUT2D eigenvalue weighted by molar-refractivity contribution is 0.0448. The van der Waals surface area contributed by atoms with E-state index in [2.05, 4.69) is 20.4 Å². The zero-order valence-corrected chi connectivity index (χ0v) is 7.71. The normalized spacial score (nSPS) is 16.5. The first-order valence-corrected chi connectivity index (χ1v) is 4.02. The van der Waals surface area contributed by atoms with Crippen molar-refractivity contribution in [2.24, 2.45) is 11.7 Å². The molecule has 0 saturated carbocycles. The molecule has 0 aliphatic rings. The second kappa shape index (κ2) is 5.33. The lowest BCUT2D eigenvalue weighted by Gasteiger charge is -2.24. The highest BCUT2D eigenvalue weighted by Gasteiger charge is 2.18. The van der Waals surface area contributed by atoms with E-state index in [1.807, 2.05) is 6.08 Å². The van der Waals surface area contributed by atoms with E-state index in [1.54, 1.807) is 7.11 Å². The van der Waals surface area contributed by atoms with Crippen molar-refractivity contribution in [1.82, 2.24) is 0 Å². The molecule has 0 aromatic carbocycles. The Morgan fingerprint density at radius 1 is 1.55 bits per heavy atom. The first kappa shape index (κ1) is 10.7. The van der Waals surface area contributed by atoms with Crippen molar-refractivity contribution in [2.75, 3.05) is 7.11 Å². The summed E-state index contributed by atoms with van der Waals surface area (Å²) in [5.41, 5.74) is 5.84. The summed E-state index contributed by atoms with van der Waals surface area (Å²) in [4.78, 5) is 0. The smallest absolute Gasteiger partial charge is 0.0747 e. The molecule has 0 aliphatic carbocycles. The Balaban J connectivity index is 3.90. The molecule has 0 aliphatic heterocycles. The molecule has 0 aromatic rings. The van der Waals surface area contributed by atoms with Gasteiger partial charge < -0.3 is 10.5 Å². The van der Waals surface area contributed by atoms with Gasteiger partial charge in [0, 0.05) is 13.2 Å². The average Bonchev–Trinajstić information content (AvgIpc) is 1.88. The van der Waals surface area contributed by atoms with Gasteiger partial charge in [0.1, 0.15) is 0 Å². The van der Waals surface area contributed by atoms with Crippen LogP contribution in [0.25, 0.3) is 0 Å². The number of methoxy groups -OCH3 is 1. The molecular weight excluding hydrogens is 138 g/mol. The molecule has 0 spiro atoms. The van der Waals surface area contributed by atoms with Gasteiger partial charge in [0.25, 0.3) is 0 Å². The first-order chi connectivity index (χ1) is 5.13. The third-order valence-electron chi connectivity index (χ3n) is 1.79. The van der Waals surface area contributed by atoms with Gasteiger partial charge in [-0.1, -0.05) is 19.9 Å². The molecule has 66 valence electrons. The minimum atomic E-state index is 0.0810. The van der Waals surface area contributed by atoms with Crippen LogP contribution >= 0.6 is 0 Å². The summed E-state index contributed by atoms with van der Waals surface area (Å²) in [5.74, 6) is 0.468. The van der Waals surface area contributed by atoms with E-state index in [9.17, 15) is 0 Å². The van der Waals surface area contributed by atoms with Crippen LogP contribution in [0.15, 0.2) is 12.7 Å². The van der Waals surface area contributed by atoms with Gasteiger partial charge in [0.15, 0.2) is 0 Å². The SMILES string of the molecule is C=CCC(N)C(OC)C(C)C. The van der Waals surface area contributed by atoms with Crippen LogP contribution in [0.4, 0.5) is 0 Å². The van der Waals surface area contributed by atoms with Gasteiger partial charge in [0.2, 0.25) is 0 Å². The van der Waals surface area contributed by atoms with E-state index in [0.717, 1.165) is 6.42 Å². The van der Waals surface area contributed by atoms with Gasteiger partial charge in [-0.3, -0.25) is 0 Å². The second-order valence-electron chi connectivity index (χ2n) is 3.13. The van der Waals surface area contributed by atoms with Crippen LogP contribution < -0.4 is 5.73 Å². The number of nitrogens with two attached hydrogens (primary N) is 1.